The van der Waals surface area contributed by atoms with Gasteiger partial charge in [-0.25, -0.2) is 4.79 Å². The molecule has 0 aromatic carbocycles. The Kier molecular flexibility index (Phi) is 1.63. The molecule has 1 aliphatic rings. The van der Waals surface area contributed by atoms with Gasteiger partial charge in [0.1, 0.15) is 9.88 Å². The second-order valence-electron chi connectivity index (χ2n) is 3.36. The summed E-state index contributed by atoms with van der Waals surface area (Å²) in [6.07, 6.45) is 1.96. The monoisotopic (exact) mass is 220 g/mol. The Morgan fingerprint density at radius 2 is 2.47 bits per heavy atom. The third kappa shape index (κ3) is 1.16. The van der Waals surface area contributed by atoms with E-state index in [4.69, 9.17) is 5.11 Å². The van der Waals surface area contributed by atoms with Crippen LogP contribution >= 0.6 is 11.3 Å². The predicted octanol–water partition coefficient (Wildman–Crippen LogP) is 2.16. The van der Waals surface area contributed by atoms with Crippen LogP contribution in [0.25, 0.3) is 5.00 Å². The Hall–Kier alpha value is -1.75. The molecule has 2 N–H and O–H groups in total. The zero-order valence-electron chi connectivity index (χ0n) is 7.73. The fourth-order valence-corrected chi connectivity index (χ4v) is 2.73. The van der Waals surface area contributed by atoms with Crippen molar-refractivity contribution in [1.82, 2.24) is 4.57 Å². The molecule has 76 valence electrons. The number of carbonyl (C=O) groups is 1. The first-order valence-corrected chi connectivity index (χ1v) is 5.35. The molecule has 0 saturated heterocycles. The van der Waals surface area contributed by atoms with Gasteiger partial charge in [0.05, 0.1) is 12.2 Å². The van der Waals surface area contributed by atoms with E-state index in [1.807, 2.05) is 22.9 Å². The van der Waals surface area contributed by atoms with Crippen molar-refractivity contribution in [2.45, 2.75) is 6.54 Å². The summed E-state index contributed by atoms with van der Waals surface area (Å²) in [5.41, 5.74) is 2.06. The summed E-state index contributed by atoms with van der Waals surface area (Å²) in [6.45, 7) is 0.746. The Morgan fingerprint density at radius 3 is 3.27 bits per heavy atom. The fourth-order valence-electron chi connectivity index (χ4n) is 1.74. The van der Waals surface area contributed by atoms with Crippen LogP contribution in [-0.2, 0) is 6.54 Å². The zero-order valence-corrected chi connectivity index (χ0v) is 8.54. The topological polar surface area (TPSA) is 54.3 Å². The number of aromatic carboxylic acids is 1. The van der Waals surface area contributed by atoms with Crippen LogP contribution in [0, 0.1) is 0 Å². The van der Waals surface area contributed by atoms with Gasteiger partial charge in [0.15, 0.2) is 0 Å². The predicted molar refractivity (Wildman–Crippen MR) is 57.9 cm³/mol. The van der Waals surface area contributed by atoms with Gasteiger partial charge >= 0.3 is 5.97 Å². The maximum atomic E-state index is 10.8. The molecular formula is C10H8N2O2S. The van der Waals surface area contributed by atoms with E-state index >= 15 is 0 Å². The smallest absolute Gasteiger partial charge is 0.346 e. The quantitative estimate of drug-likeness (QED) is 0.774. The van der Waals surface area contributed by atoms with Crippen LogP contribution < -0.4 is 5.32 Å². The summed E-state index contributed by atoms with van der Waals surface area (Å²) in [5.74, 6) is -0.870. The van der Waals surface area contributed by atoms with Crippen LogP contribution in [0.1, 0.15) is 15.4 Å². The molecule has 1 aliphatic heterocycles. The third-order valence-corrected chi connectivity index (χ3v) is 3.56. The summed E-state index contributed by atoms with van der Waals surface area (Å²) in [6, 6.07) is 5.67. The molecule has 0 radical (unpaired) electrons. The second kappa shape index (κ2) is 2.87. The summed E-state index contributed by atoms with van der Waals surface area (Å²) in [5, 5.41) is 13.1. The lowest BCUT2D eigenvalue weighted by molar-refractivity contribution is 0.0702. The van der Waals surface area contributed by atoms with E-state index in [9.17, 15) is 4.79 Å². The van der Waals surface area contributed by atoms with Gasteiger partial charge in [-0.3, -0.25) is 0 Å². The number of fused-ring (bicyclic) bond motifs is 3. The molecule has 0 unspecified atom stereocenters. The van der Waals surface area contributed by atoms with E-state index in [0.717, 1.165) is 22.9 Å². The summed E-state index contributed by atoms with van der Waals surface area (Å²) in [7, 11) is 0. The fraction of sp³-hybridized carbons (Fsp3) is 0.100. The van der Waals surface area contributed by atoms with Crippen molar-refractivity contribution in [3.8, 4) is 5.00 Å². The molecule has 0 spiro atoms. The van der Waals surface area contributed by atoms with Crippen molar-refractivity contribution in [1.29, 1.82) is 0 Å². The lowest BCUT2D eigenvalue weighted by Crippen LogP contribution is -2.11. The molecule has 0 atom stereocenters. The number of hydrogen-bond donors (Lipinski definition) is 2. The number of carboxylic acid groups (broad SMARTS) is 1. The van der Waals surface area contributed by atoms with E-state index in [0.29, 0.717) is 4.88 Å². The van der Waals surface area contributed by atoms with Gasteiger partial charge in [-0.15, -0.1) is 11.3 Å². The maximum Gasteiger partial charge on any atom is 0.346 e. The van der Waals surface area contributed by atoms with Crippen molar-refractivity contribution < 1.29 is 9.90 Å². The average molecular weight is 220 g/mol. The molecule has 2 aromatic rings. The lowest BCUT2D eigenvalue weighted by Gasteiger charge is -2.16. The Bertz CT molecular complexity index is 541. The second-order valence-corrected chi connectivity index (χ2v) is 4.39. The summed E-state index contributed by atoms with van der Waals surface area (Å²) in [4.78, 5) is 11.2. The van der Waals surface area contributed by atoms with Crippen LogP contribution in [0.4, 0.5) is 5.69 Å². The number of hydrogen-bond acceptors (Lipinski definition) is 3. The molecule has 3 heterocycles. The molecule has 0 saturated carbocycles. The highest BCUT2D eigenvalue weighted by Crippen LogP contribution is 2.35. The van der Waals surface area contributed by atoms with Gasteiger partial charge in [-0.05, 0) is 18.2 Å². The summed E-state index contributed by atoms with van der Waals surface area (Å²) >= 11 is 1.29. The molecule has 0 fully saturated rings. The van der Waals surface area contributed by atoms with Crippen molar-refractivity contribution >= 4 is 23.0 Å². The molecule has 0 bridgehead atoms. The molecule has 4 nitrogen and oxygen atoms in total. The minimum absolute atomic E-state index is 0.369. The number of nitrogens with one attached hydrogen (secondary N) is 1. The van der Waals surface area contributed by atoms with Gasteiger partial charge in [-0.2, -0.15) is 0 Å². The van der Waals surface area contributed by atoms with E-state index in [2.05, 4.69) is 5.32 Å². The van der Waals surface area contributed by atoms with Crippen molar-refractivity contribution in [3.63, 3.8) is 0 Å². The zero-order chi connectivity index (χ0) is 10.4. The average Bonchev–Trinajstić information content (AvgIpc) is 2.82. The lowest BCUT2D eigenvalue weighted by atomic mass is 10.3. The number of anilines is 1. The van der Waals surface area contributed by atoms with Crippen molar-refractivity contribution in [3.05, 3.63) is 35.0 Å². The van der Waals surface area contributed by atoms with Crippen LogP contribution in [0.3, 0.4) is 0 Å². The standard InChI is InChI=1S/C10H8N2O2S/c13-10(14)8-4-7-9(15-8)12-3-1-2-6(12)5-11-7/h1-4,11H,5H2,(H,13,14). The normalized spacial score (nSPS) is 12.8. The van der Waals surface area contributed by atoms with Crippen LogP contribution in [0.15, 0.2) is 24.4 Å². The van der Waals surface area contributed by atoms with Gasteiger partial charge in [0.2, 0.25) is 0 Å². The van der Waals surface area contributed by atoms with E-state index < -0.39 is 5.97 Å². The van der Waals surface area contributed by atoms with E-state index in [1.165, 1.54) is 11.3 Å². The van der Waals surface area contributed by atoms with E-state index in [-0.39, 0.29) is 0 Å². The Labute approximate surface area is 89.8 Å². The highest BCUT2D eigenvalue weighted by molar-refractivity contribution is 7.17. The summed E-state index contributed by atoms with van der Waals surface area (Å²) < 4.78 is 2.03. The highest BCUT2D eigenvalue weighted by Gasteiger charge is 2.19. The number of nitrogens with zero attached hydrogens (tertiary/aromatic N) is 1. The van der Waals surface area contributed by atoms with E-state index in [1.54, 1.807) is 6.07 Å². The van der Waals surface area contributed by atoms with Gasteiger partial charge in [0.25, 0.3) is 0 Å². The molecular weight excluding hydrogens is 212 g/mol. The van der Waals surface area contributed by atoms with Gasteiger partial charge in [0, 0.05) is 11.9 Å². The molecule has 15 heavy (non-hydrogen) atoms. The first kappa shape index (κ1) is 8.55. The molecule has 0 amide bonds. The molecule has 0 aliphatic carbocycles. The van der Waals surface area contributed by atoms with Gasteiger partial charge < -0.3 is 15.0 Å². The molecule has 5 heteroatoms. The Balaban J connectivity index is 2.20. The van der Waals surface area contributed by atoms with Crippen LogP contribution in [0.5, 0.6) is 0 Å². The number of aromatic nitrogens is 1. The number of thiophene rings is 1. The van der Waals surface area contributed by atoms with Crippen LogP contribution in [0.2, 0.25) is 0 Å². The molecule has 2 aromatic heterocycles. The minimum atomic E-state index is -0.870. The van der Waals surface area contributed by atoms with Crippen LogP contribution in [-0.4, -0.2) is 15.6 Å². The highest BCUT2D eigenvalue weighted by atomic mass is 32.1. The SMILES string of the molecule is O=C(O)c1cc2c(s1)-n1cccc1CN2. The minimum Gasteiger partial charge on any atom is -0.477 e. The van der Waals surface area contributed by atoms with Gasteiger partial charge in [-0.1, -0.05) is 0 Å². The Morgan fingerprint density at radius 1 is 1.60 bits per heavy atom. The number of rotatable bonds is 1. The first-order valence-electron chi connectivity index (χ1n) is 4.53. The number of carboxylic acids is 1. The van der Waals surface area contributed by atoms with Crippen molar-refractivity contribution in [2.75, 3.05) is 5.32 Å². The van der Waals surface area contributed by atoms with Crippen molar-refractivity contribution in [2.24, 2.45) is 0 Å². The molecule has 3 rings (SSSR count). The maximum absolute atomic E-state index is 10.8. The largest absolute Gasteiger partial charge is 0.477 e. The first-order chi connectivity index (χ1) is 7.25. The third-order valence-electron chi connectivity index (χ3n) is 2.44.